The fourth-order valence-electron chi connectivity index (χ4n) is 4.66. The maximum Gasteiger partial charge on any atom is 0.405 e. The number of nitrogens with one attached hydrogen (secondary N) is 3. The quantitative estimate of drug-likeness (QED) is 0.0765. The number of carbonyl (C=O) groups is 1. The first-order valence-corrected chi connectivity index (χ1v) is 17.6. The number of aromatic nitrogens is 4. The number of H-pyrrole nitrogens is 1. The predicted molar refractivity (Wildman–Crippen MR) is 181 cm³/mol. The Kier molecular flexibility index (Phi) is 17.2. The first-order valence-electron chi connectivity index (χ1n) is 16.1. The number of nitrogens with zero attached hydrogens (tertiary/aromatic N) is 3. The lowest BCUT2D eigenvalue weighted by Crippen LogP contribution is -2.31. The molecule has 3 atom stereocenters. The van der Waals surface area contributed by atoms with Gasteiger partial charge in [0.1, 0.15) is 6.23 Å². The number of hydrogen-bond acceptors (Lipinski definition) is 8. The molecule has 3 heterocycles. The van der Waals surface area contributed by atoms with E-state index in [1.165, 1.54) is 19.8 Å². The van der Waals surface area contributed by atoms with E-state index in [0.717, 1.165) is 44.9 Å². The van der Waals surface area contributed by atoms with Crippen molar-refractivity contribution in [2.75, 3.05) is 26.8 Å². The Morgan fingerprint density at radius 3 is 2.37 bits per heavy atom. The Morgan fingerprint density at radius 2 is 1.70 bits per heavy atom. The number of ether oxygens (including phenoxy) is 1. The van der Waals surface area contributed by atoms with E-state index in [9.17, 15) is 14.2 Å². The maximum absolute atomic E-state index is 12.9. The number of carbonyl (C=O) groups excluding carboxylic acids is 1. The number of rotatable bonds is 22. The third-order valence-electron chi connectivity index (χ3n) is 7.12. The minimum atomic E-state index is -3.58. The Hall–Kier alpha value is -3.41. The van der Waals surface area contributed by atoms with E-state index in [-0.39, 0.29) is 42.5 Å². The topological polar surface area (TPSA) is 149 Å². The van der Waals surface area contributed by atoms with Crippen LogP contribution >= 0.6 is 7.75 Å². The van der Waals surface area contributed by atoms with E-state index in [1.807, 2.05) is 0 Å². The van der Waals surface area contributed by atoms with Crippen molar-refractivity contribution in [3.05, 3.63) is 83.8 Å². The van der Waals surface area contributed by atoms with Crippen LogP contribution in [0, 0.1) is 0 Å². The summed E-state index contributed by atoms with van der Waals surface area (Å²) in [6.07, 6.45) is 32.0. The molecule has 1 amide bonds. The van der Waals surface area contributed by atoms with Crippen molar-refractivity contribution in [3.8, 4) is 0 Å². The summed E-state index contributed by atoms with van der Waals surface area (Å²) in [7, 11) is -2.27. The summed E-state index contributed by atoms with van der Waals surface area (Å²) in [6.45, 7) is 2.71. The van der Waals surface area contributed by atoms with Gasteiger partial charge in [0.25, 0.3) is 5.56 Å². The van der Waals surface area contributed by atoms with Crippen LogP contribution in [0.1, 0.15) is 77.4 Å². The molecule has 13 heteroatoms. The second-order valence-corrected chi connectivity index (χ2v) is 12.6. The molecule has 12 nitrogen and oxygen atoms in total. The first kappa shape index (κ1) is 37.1. The van der Waals surface area contributed by atoms with Crippen molar-refractivity contribution in [2.24, 2.45) is 0 Å². The van der Waals surface area contributed by atoms with Crippen LogP contribution in [0.2, 0.25) is 0 Å². The number of imidazole rings is 1. The highest BCUT2D eigenvalue weighted by Crippen LogP contribution is 2.43. The van der Waals surface area contributed by atoms with Gasteiger partial charge in [0, 0.05) is 26.6 Å². The monoisotopic (exact) mass is 656 g/mol. The Balaban J connectivity index is 1.20. The molecule has 2 aromatic heterocycles. The van der Waals surface area contributed by atoms with Gasteiger partial charge in [0.15, 0.2) is 11.2 Å². The molecule has 0 aliphatic carbocycles. The molecule has 0 saturated carbocycles. The molecule has 0 radical (unpaired) electrons. The summed E-state index contributed by atoms with van der Waals surface area (Å²) >= 11 is 0. The van der Waals surface area contributed by atoms with Crippen molar-refractivity contribution in [1.82, 2.24) is 29.9 Å². The highest BCUT2D eigenvalue weighted by molar-refractivity contribution is 7.51. The predicted octanol–water partition coefficient (Wildman–Crippen LogP) is 6.20. The van der Waals surface area contributed by atoms with Crippen molar-refractivity contribution >= 4 is 24.8 Å². The molecule has 1 aliphatic heterocycles. The van der Waals surface area contributed by atoms with Crippen LogP contribution in [0.4, 0.5) is 0 Å². The van der Waals surface area contributed by atoms with Crippen LogP contribution in [0.5, 0.6) is 0 Å². The van der Waals surface area contributed by atoms with Gasteiger partial charge >= 0.3 is 7.75 Å². The van der Waals surface area contributed by atoms with Gasteiger partial charge < -0.3 is 19.6 Å². The zero-order chi connectivity index (χ0) is 32.9. The van der Waals surface area contributed by atoms with Crippen molar-refractivity contribution in [1.29, 1.82) is 0 Å². The van der Waals surface area contributed by atoms with Crippen molar-refractivity contribution < 1.29 is 23.1 Å². The zero-order valence-electron chi connectivity index (χ0n) is 27.0. The second kappa shape index (κ2) is 21.4. The highest BCUT2D eigenvalue weighted by atomic mass is 31.2. The zero-order valence-corrected chi connectivity index (χ0v) is 27.9. The van der Waals surface area contributed by atoms with E-state index in [4.69, 9.17) is 13.8 Å². The number of amides is 1. The van der Waals surface area contributed by atoms with Crippen LogP contribution < -0.4 is 16.0 Å². The third kappa shape index (κ3) is 13.5. The molecular formula is C33H49N6O6P. The Bertz CT molecular complexity index is 1450. The minimum absolute atomic E-state index is 0.0530. The molecule has 2 aromatic rings. The molecule has 0 aromatic carbocycles. The van der Waals surface area contributed by atoms with Gasteiger partial charge in [-0.25, -0.2) is 19.6 Å². The minimum Gasteiger partial charge on any atom is -0.355 e. The highest BCUT2D eigenvalue weighted by Gasteiger charge is 2.31. The number of hydrogen-bond donors (Lipinski definition) is 3. The molecule has 3 rings (SSSR count). The summed E-state index contributed by atoms with van der Waals surface area (Å²) in [5.41, 5.74) is 0.373. The largest absolute Gasteiger partial charge is 0.405 e. The average Bonchev–Trinajstić information content (AvgIpc) is 3.72. The summed E-state index contributed by atoms with van der Waals surface area (Å²) in [5.74, 6) is -0.0591. The lowest BCUT2D eigenvalue weighted by molar-refractivity contribution is -0.121. The molecular weight excluding hydrogens is 607 g/mol. The van der Waals surface area contributed by atoms with E-state index in [2.05, 4.69) is 93.0 Å². The SMILES string of the molecule is CCC=CCC=CCC=CCC=CCC=CCCCC(=O)NCCNP(=O)(OC)OC[C@@H]1CCC(n2cnc3c(=O)[nH]cnc32)O1. The number of unbranched alkanes of at least 4 members (excludes halogenated alkanes) is 1. The maximum atomic E-state index is 12.9. The van der Waals surface area contributed by atoms with E-state index >= 15 is 0 Å². The molecule has 1 saturated heterocycles. The summed E-state index contributed by atoms with van der Waals surface area (Å²) < 4.78 is 31.4. The fraction of sp³-hybridized carbons (Fsp3) is 0.515. The van der Waals surface area contributed by atoms with Gasteiger partial charge in [-0.3, -0.25) is 18.7 Å². The standard InChI is InChI=1S/C33H49N6O6P/c1-3-4-5-6-7-8-9-10-11-12-13-14-15-16-17-18-19-20-29(40)34-23-24-38-46(42,43-2)44-25-28-21-22-30(45-28)39-27-37-31-32(39)35-26-36-33(31)41/h4-5,7-8,10-11,13-14,16-17,26-28,30H,3,6,9,12,15,18-25H2,1-2H3,(H,34,40)(H,38,42)(H,35,36,41)/t28-,30?,46?/m0/s1. The van der Waals surface area contributed by atoms with Gasteiger partial charge in [-0.2, -0.15) is 0 Å². The number of fused-ring (bicyclic) bond motifs is 1. The molecule has 46 heavy (non-hydrogen) atoms. The van der Waals surface area contributed by atoms with Gasteiger partial charge in [0.2, 0.25) is 5.91 Å². The number of aromatic amines is 1. The molecule has 3 N–H and O–H groups in total. The Morgan fingerprint density at radius 1 is 1.02 bits per heavy atom. The second-order valence-electron chi connectivity index (χ2n) is 10.7. The van der Waals surface area contributed by atoms with E-state index < -0.39 is 7.75 Å². The van der Waals surface area contributed by atoms with Crippen LogP contribution in [0.3, 0.4) is 0 Å². The molecule has 0 bridgehead atoms. The molecule has 2 unspecified atom stereocenters. The summed E-state index contributed by atoms with van der Waals surface area (Å²) in [5, 5.41) is 5.60. The average molecular weight is 657 g/mol. The van der Waals surface area contributed by atoms with Crippen LogP contribution in [-0.2, 0) is 23.1 Å². The van der Waals surface area contributed by atoms with E-state index in [1.54, 1.807) is 4.57 Å². The van der Waals surface area contributed by atoms with Crippen molar-refractivity contribution in [2.45, 2.75) is 83.5 Å². The van der Waals surface area contributed by atoms with Crippen LogP contribution in [0.25, 0.3) is 11.2 Å². The summed E-state index contributed by atoms with van der Waals surface area (Å²) in [4.78, 5) is 34.9. The van der Waals surface area contributed by atoms with E-state index in [0.29, 0.717) is 31.5 Å². The molecule has 252 valence electrons. The first-order chi connectivity index (χ1) is 22.5. The third-order valence-corrected chi connectivity index (χ3v) is 8.70. The lowest BCUT2D eigenvalue weighted by Gasteiger charge is -2.20. The molecule has 1 fully saturated rings. The van der Waals surface area contributed by atoms with Crippen molar-refractivity contribution in [3.63, 3.8) is 0 Å². The van der Waals surface area contributed by atoms with Gasteiger partial charge in [-0.1, -0.05) is 67.7 Å². The van der Waals surface area contributed by atoms with Crippen LogP contribution in [-0.4, -0.2) is 58.3 Å². The number of allylic oxidation sites excluding steroid dienone is 10. The Labute approximate surface area is 271 Å². The van der Waals surface area contributed by atoms with Gasteiger partial charge in [-0.05, 0) is 57.8 Å². The van der Waals surface area contributed by atoms with Gasteiger partial charge in [-0.15, -0.1) is 0 Å². The van der Waals surface area contributed by atoms with Crippen LogP contribution in [0.15, 0.2) is 78.2 Å². The smallest absolute Gasteiger partial charge is 0.355 e. The van der Waals surface area contributed by atoms with Gasteiger partial charge in [0.05, 0.1) is 25.4 Å². The molecule has 1 aliphatic rings. The fourth-order valence-corrected chi connectivity index (χ4v) is 5.74. The normalized spacial score (nSPS) is 18.7. The lowest BCUT2D eigenvalue weighted by atomic mass is 10.2. The molecule has 0 spiro atoms. The summed E-state index contributed by atoms with van der Waals surface area (Å²) in [6, 6.07) is 0.